The molecule has 168 valence electrons. The first-order valence-electron chi connectivity index (χ1n) is 10.8. The lowest BCUT2D eigenvalue weighted by Crippen LogP contribution is -2.51. The van der Waals surface area contributed by atoms with E-state index in [1.165, 1.54) is 4.90 Å². The third-order valence-electron chi connectivity index (χ3n) is 6.26. The standard InChI is InChI=1S/C21H29N5O4S/c1-13-2-6-26(11-13)21(30)17(28)16(27)20(29)22-10-14-3-7-25(8-4-14)19-18-15(5-9-31-18)23-12-24-19/h5,9,12-14,16-17,27-28H,2-4,6-8,10-11H2,1H3,(H,22,29). The first-order chi connectivity index (χ1) is 14.9. The number of amides is 2. The molecule has 2 amide bonds. The quantitative estimate of drug-likeness (QED) is 0.594. The van der Waals surface area contributed by atoms with Crippen molar-refractivity contribution in [2.45, 2.75) is 38.4 Å². The summed E-state index contributed by atoms with van der Waals surface area (Å²) in [6, 6.07) is 1.99. The van der Waals surface area contributed by atoms with Crippen molar-refractivity contribution in [1.29, 1.82) is 0 Å². The van der Waals surface area contributed by atoms with Gasteiger partial charge in [-0.3, -0.25) is 9.59 Å². The Morgan fingerprint density at radius 2 is 1.97 bits per heavy atom. The van der Waals surface area contributed by atoms with Gasteiger partial charge in [0.05, 0.1) is 10.2 Å². The topological polar surface area (TPSA) is 119 Å². The number of nitrogens with zero attached hydrogens (tertiary/aromatic N) is 4. The van der Waals surface area contributed by atoms with E-state index < -0.39 is 24.0 Å². The Labute approximate surface area is 185 Å². The zero-order chi connectivity index (χ0) is 22.0. The fraction of sp³-hybridized carbons (Fsp3) is 0.619. The number of fused-ring (bicyclic) bond motifs is 1. The number of aromatic nitrogens is 2. The molecule has 0 aromatic carbocycles. The van der Waals surface area contributed by atoms with Gasteiger partial charge in [0.2, 0.25) is 0 Å². The summed E-state index contributed by atoms with van der Waals surface area (Å²) >= 11 is 1.63. The lowest BCUT2D eigenvalue weighted by atomic mass is 9.96. The summed E-state index contributed by atoms with van der Waals surface area (Å²) in [5.74, 6) is 0.305. The van der Waals surface area contributed by atoms with Gasteiger partial charge >= 0.3 is 0 Å². The number of aliphatic hydroxyl groups excluding tert-OH is 2. The molecule has 0 spiro atoms. The molecule has 3 unspecified atom stereocenters. The maximum Gasteiger partial charge on any atom is 0.254 e. The summed E-state index contributed by atoms with van der Waals surface area (Å²) in [6.07, 6.45) is 0.732. The highest BCUT2D eigenvalue weighted by atomic mass is 32.1. The van der Waals surface area contributed by atoms with Gasteiger partial charge in [-0.25, -0.2) is 9.97 Å². The molecule has 2 aromatic heterocycles. The molecule has 0 saturated carbocycles. The van der Waals surface area contributed by atoms with Crippen LogP contribution in [0, 0.1) is 11.8 Å². The van der Waals surface area contributed by atoms with Crippen molar-refractivity contribution in [1.82, 2.24) is 20.2 Å². The highest BCUT2D eigenvalue weighted by molar-refractivity contribution is 7.17. The fourth-order valence-corrected chi connectivity index (χ4v) is 5.16. The molecule has 2 aromatic rings. The van der Waals surface area contributed by atoms with Crippen LogP contribution in [-0.2, 0) is 9.59 Å². The summed E-state index contributed by atoms with van der Waals surface area (Å²) < 4.78 is 1.09. The Hall–Kier alpha value is -2.30. The van der Waals surface area contributed by atoms with Gasteiger partial charge in [0, 0.05) is 32.7 Å². The number of piperidine rings is 1. The van der Waals surface area contributed by atoms with E-state index in [0.717, 1.165) is 48.4 Å². The van der Waals surface area contributed by atoms with Crippen LogP contribution in [0.15, 0.2) is 17.8 Å². The number of hydrogen-bond acceptors (Lipinski definition) is 8. The minimum atomic E-state index is -1.75. The Balaban J connectivity index is 1.24. The van der Waals surface area contributed by atoms with Gasteiger partial charge < -0.3 is 25.3 Å². The van der Waals surface area contributed by atoms with Crippen LogP contribution < -0.4 is 10.2 Å². The predicted octanol–water partition coefficient (Wildman–Crippen LogP) is 0.614. The predicted molar refractivity (Wildman–Crippen MR) is 118 cm³/mol. The third kappa shape index (κ3) is 4.81. The molecule has 2 aliphatic rings. The molecule has 3 N–H and O–H groups in total. The largest absolute Gasteiger partial charge is 0.380 e. The molecule has 4 rings (SSSR count). The number of rotatable bonds is 6. The van der Waals surface area contributed by atoms with E-state index in [2.05, 4.69) is 20.2 Å². The van der Waals surface area contributed by atoms with Gasteiger partial charge in [0.25, 0.3) is 11.8 Å². The smallest absolute Gasteiger partial charge is 0.254 e. The van der Waals surface area contributed by atoms with Crippen LogP contribution in [0.5, 0.6) is 0 Å². The van der Waals surface area contributed by atoms with Gasteiger partial charge in [-0.2, -0.15) is 0 Å². The molecular formula is C21H29N5O4S. The monoisotopic (exact) mass is 447 g/mol. The maximum atomic E-state index is 12.3. The Morgan fingerprint density at radius 1 is 1.19 bits per heavy atom. The average Bonchev–Trinajstić information content (AvgIpc) is 3.45. The minimum absolute atomic E-state index is 0.264. The lowest BCUT2D eigenvalue weighted by molar-refractivity contribution is -0.152. The Kier molecular flexibility index (Phi) is 6.68. The van der Waals surface area contributed by atoms with E-state index in [4.69, 9.17) is 0 Å². The molecule has 4 heterocycles. The van der Waals surface area contributed by atoms with Gasteiger partial charge in [-0.1, -0.05) is 6.92 Å². The highest BCUT2D eigenvalue weighted by Gasteiger charge is 2.35. The first kappa shape index (κ1) is 21.9. The van der Waals surface area contributed by atoms with Crippen molar-refractivity contribution >= 4 is 39.2 Å². The second kappa shape index (κ2) is 9.46. The van der Waals surface area contributed by atoms with Crippen LogP contribution in [-0.4, -0.2) is 81.8 Å². The van der Waals surface area contributed by atoms with Crippen LogP contribution in [0.2, 0.25) is 0 Å². The zero-order valence-corrected chi connectivity index (χ0v) is 18.4. The fourth-order valence-electron chi connectivity index (χ4n) is 4.30. The third-order valence-corrected chi connectivity index (χ3v) is 7.16. The van der Waals surface area contributed by atoms with Crippen molar-refractivity contribution in [2.24, 2.45) is 11.8 Å². The van der Waals surface area contributed by atoms with E-state index in [1.807, 2.05) is 18.4 Å². The van der Waals surface area contributed by atoms with Crippen molar-refractivity contribution < 1.29 is 19.8 Å². The lowest BCUT2D eigenvalue weighted by Gasteiger charge is -2.33. The molecule has 0 bridgehead atoms. The number of anilines is 1. The van der Waals surface area contributed by atoms with Crippen molar-refractivity contribution in [3.63, 3.8) is 0 Å². The summed E-state index contributed by atoms with van der Waals surface area (Å²) in [6.45, 7) is 5.18. The number of aliphatic hydroxyl groups is 2. The van der Waals surface area contributed by atoms with Gasteiger partial charge in [0.1, 0.15) is 12.1 Å². The highest BCUT2D eigenvalue weighted by Crippen LogP contribution is 2.30. The second-order valence-corrected chi connectivity index (χ2v) is 9.49. The molecule has 31 heavy (non-hydrogen) atoms. The van der Waals surface area contributed by atoms with Crippen LogP contribution in [0.4, 0.5) is 5.82 Å². The van der Waals surface area contributed by atoms with E-state index in [1.54, 1.807) is 17.7 Å². The zero-order valence-electron chi connectivity index (χ0n) is 17.6. The van der Waals surface area contributed by atoms with Crippen LogP contribution in [0.3, 0.4) is 0 Å². The van der Waals surface area contributed by atoms with Crippen molar-refractivity contribution in [3.8, 4) is 0 Å². The normalized spacial score (nSPS) is 22.0. The summed E-state index contributed by atoms with van der Waals surface area (Å²) in [7, 11) is 0. The number of thiophene rings is 1. The van der Waals surface area contributed by atoms with Crippen LogP contribution >= 0.6 is 11.3 Å². The number of likely N-dealkylation sites (tertiary alicyclic amines) is 1. The molecule has 9 nitrogen and oxygen atoms in total. The van der Waals surface area contributed by atoms with Gasteiger partial charge in [-0.05, 0) is 42.5 Å². The van der Waals surface area contributed by atoms with E-state index in [0.29, 0.717) is 25.6 Å². The molecule has 10 heteroatoms. The number of nitrogens with one attached hydrogen (secondary N) is 1. The van der Waals surface area contributed by atoms with E-state index in [9.17, 15) is 19.8 Å². The molecule has 0 aliphatic carbocycles. The summed E-state index contributed by atoms with van der Waals surface area (Å²) in [5.41, 5.74) is 0.954. The van der Waals surface area contributed by atoms with Crippen LogP contribution in [0.1, 0.15) is 26.2 Å². The SMILES string of the molecule is CC1CCN(C(=O)C(O)C(O)C(=O)NCC2CCN(c3ncnc4ccsc34)CC2)C1. The summed E-state index contributed by atoms with van der Waals surface area (Å²) in [4.78, 5) is 37.1. The molecule has 2 saturated heterocycles. The molecule has 0 radical (unpaired) electrons. The Morgan fingerprint density at radius 3 is 2.68 bits per heavy atom. The van der Waals surface area contributed by atoms with Crippen molar-refractivity contribution in [3.05, 3.63) is 17.8 Å². The molecule has 3 atom stereocenters. The minimum Gasteiger partial charge on any atom is -0.380 e. The van der Waals surface area contributed by atoms with E-state index in [-0.39, 0.29) is 5.92 Å². The maximum absolute atomic E-state index is 12.3. The molecule has 2 fully saturated rings. The van der Waals surface area contributed by atoms with E-state index >= 15 is 0 Å². The van der Waals surface area contributed by atoms with Gasteiger partial charge in [0.15, 0.2) is 12.2 Å². The number of hydrogen-bond donors (Lipinski definition) is 3. The number of carbonyl (C=O) groups is 2. The average molecular weight is 448 g/mol. The van der Waals surface area contributed by atoms with Crippen LogP contribution in [0.25, 0.3) is 10.2 Å². The first-order valence-corrected chi connectivity index (χ1v) is 11.7. The molecule has 2 aliphatic heterocycles. The Bertz CT molecular complexity index is 929. The number of carbonyl (C=O) groups excluding carboxylic acids is 2. The molecular weight excluding hydrogens is 418 g/mol. The summed E-state index contributed by atoms with van der Waals surface area (Å²) in [5, 5.41) is 25.0. The second-order valence-electron chi connectivity index (χ2n) is 8.58. The van der Waals surface area contributed by atoms with Crippen molar-refractivity contribution in [2.75, 3.05) is 37.6 Å². The van der Waals surface area contributed by atoms with Gasteiger partial charge in [-0.15, -0.1) is 11.3 Å².